The summed E-state index contributed by atoms with van der Waals surface area (Å²) in [5.41, 5.74) is 1.46. The molecule has 3 nitrogen and oxygen atoms in total. The van der Waals surface area contributed by atoms with E-state index in [2.05, 4.69) is 18.7 Å². The largest absolute Gasteiger partial charge is 0.374 e. The van der Waals surface area contributed by atoms with Gasteiger partial charge < -0.3 is 4.90 Å². The smallest absolute Gasteiger partial charge is 0.198 e. The number of carbonyl (C=O) groups is 2. The fourth-order valence-electron chi connectivity index (χ4n) is 3.55. The van der Waals surface area contributed by atoms with Crippen molar-refractivity contribution in [3.8, 4) is 0 Å². The lowest BCUT2D eigenvalue weighted by atomic mass is 9.74. The number of Topliss-reactive ketones (excluding diaryl/α,β-unsaturated/α-hetero) is 2. The molecule has 1 aromatic rings. The van der Waals surface area contributed by atoms with Crippen molar-refractivity contribution in [3.05, 3.63) is 46.9 Å². The molecule has 4 heteroatoms. The Morgan fingerprint density at radius 2 is 1.70 bits per heavy atom. The molecule has 0 bridgehead atoms. The van der Waals surface area contributed by atoms with E-state index in [0.29, 0.717) is 17.6 Å². The molecule has 0 N–H and O–H groups in total. The first-order valence-electron chi connectivity index (χ1n) is 8.19. The molecular weight excluding hydrogens is 293 g/mol. The highest BCUT2D eigenvalue weighted by Crippen LogP contribution is 2.40. The van der Waals surface area contributed by atoms with Crippen LogP contribution in [-0.4, -0.2) is 29.6 Å². The summed E-state index contributed by atoms with van der Waals surface area (Å²) in [6.45, 7) is 5.94. The van der Waals surface area contributed by atoms with Crippen molar-refractivity contribution in [3.63, 3.8) is 0 Å². The highest BCUT2D eigenvalue weighted by molar-refractivity contribution is 6.27. The van der Waals surface area contributed by atoms with Crippen molar-refractivity contribution in [2.24, 2.45) is 5.41 Å². The molecule has 0 aromatic heterocycles. The Morgan fingerprint density at radius 1 is 1.09 bits per heavy atom. The van der Waals surface area contributed by atoms with Gasteiger partial charge in [0.25, 0.3) is 0 Å². The van der Waals surface area contributed by atoms with Crippen LogP contribution in [-0.2, 0) is 4.79 Å². The maximum atomic E-state index is 13.1. The van der Waals surface area contributed by atoms with Gasteiger partial charge in [-0.15, -0.1) is 0 Å². The second kappa shape index (κ2) is 5.91. The number of likely N-dealkylation sites (tertiary alicyclic amines) is 1. The topological polar surface area (TPSA) is 37.4 Å². The van der Waals surface area contributed by atoms with Gasteiger partial charge in [-0.25, -0.2) is 4.39 Å². The number of ketones is 2. The second-order valence-corrected chi connectivity index (χ2v) is 7.29. The molecule has 2 aliphatic rings. The van der Waals surface area contributed by atoms with E-state index in [1.165, 1.54) is 24.3 Å². The van der Waals surface area contributed by atoms with Crippen molar-refractivity contribution >= 4 is 11.6 Å². The van der Waals surface area contributed by atoms with Crippen LogP contribution in [0.3, 0.4) is 0 Å². The zero-order valence-electron chi connectivity index (χ0n) is 13.7. The van der Waals surface area contributed by atoms with Crippen LogP contribution in [0.2, 0.25) is 0 Å². The maximum Gasteiger partial charge on any atom is 0.198 e. The number of carbonyl (C=O) groups excluding carboxylic acids is 2. The summed E-state index contributed by atoms with van der Waals surface area (Å²) in [5.74, 6) is -0.740. The fourth-order valence-corrected chi connectivity index (χ4v) is 3.55. The van der Waals surface area contributed by atoms with Crippen LogP contribution in [0, 0.1) is 11.2 Å². The number of rotatable bonds is 3. The minimum atomic E-state index is -0.383. The minimum absolute atomic E-state index is 0.0857. The Hall–Kier alpha value is -1.97. The number of halogens is 1. The van der Waals surface area contributed by atoms with Crippen LogP contribution in [0.1, 0.15) is 49.9 Å². The average Bonchev–Trinajstić information content (AvgIpc) is 3.00. The Bertz CT molecular complexity index is 667. The quantitative estimate of drug-likeness (QED) is 0.630. The van der Waals surface area contributed by atoms with E-state index in [1.807, 2.05) is 0 Å². The molecule has 0 saturated carbocycles. The molecule has 1 saturated heterocycles. The van der Waals surface area contributed by atoms with Gasteiger partial charge in [0.2, 0.25) is 0 Å². The van der Waals surface area contributed by atoms with Gasteiger partial charge in [-0.05, 0) is 48.9 Å². The van der Waals surface area contributed by atoms with Gasteiger partial charge in [0, 0.05) is 30.8 Å². The van der Waals surface area contributed by atoms with Crippen LogP contribution in [0.4, 0.5) is 4.39 Å². The first-order valence-corrected chi connectivity index (χ1v) is 8.19. The van der Waals surface area contributed by atoms with Crippen LogP contribution >= 0.6 is 0 Å². The Balaban J connectivity index is 2.04. The van der Waals surface area contributed by atoms with E-state index in [-0.39, 0.29) is 22.8 Å². The lowest BCUT2D eigenvalue weighted by molar-refractivity contribution is -0.118. The summed E-state index contributed by atoms with van der Waals surface area (Å²) in [6, 6.07) is 5.44. The van der Waals surface area contributed by atoms with Gasteiger partial charge in [-0.1, -0.05) is 13.8 Å². The molecule has 1 heterocycles. The first-order chi connectivity index (χ1) is 10.9. The fraction of sp³-hybridized carbons (Fsp3) is 0.474. The third-order valence-corrected chi connectivity index (χ3v) is 4.67. The van der Waals surface area contributed by atoms with E-state index in [0.717, 1.165) is 38.0 Å². The van der Waals surface area contributed by atoms with E-state index in [1.54, 1.807) is 0 Å². The Morgan fingerprint density at radius 3 is 2.30 bits per heavy atom. The average molecular weight is 315 g/mol. The molecule has 0 spiro atoms. The third kappa shape index (κ3) is 3.21. The first kappa shape index (κ1) is 15.9. The number of benzene rings is 1. The van der Waals surface area contributed by atoms with Gasteiger partial charge in [-0.3, -0.25) is 9.59 Å². The molecule has 23 heavy (non-hydrogen) atoms. The van der Waals surface area contributed by atoms with Gasteiger partial charge in [-0.2, -0.15) is 0 Å². The van der Waals surface area contributed by atoms with E-state index in [9.17, 15) is 14.0 Å². The maximum absolute atomic E-state index is 13.1. The molecular formula is C19H22FNO2. The van der Waals surface area contributed by atoms with Gasteiger partial charge in [0.1, 0.15) is 5.82 Å². The molecule has 1 aliphatic carbocycles. The third-order valence-electron chi connectivity index (χ3n) is 4.67. The number of hydrogen-bond donors (Lipinski definition) is 0. The van der Waals surface area contributed by atoms with Crippen molar-refractivity contribution in [2.75, 3.05) is 13.1 Å². The van der Waals surface area contributed by atoms with Crippen LogP contribution in [0.15, 0.2) is 35.5 Å². The van der Waals surface area contributed by atoms with Crippen molar-refractivity contribution in [1.82, 2.24) is 4.90 Å². The van der Waals surface area contributed by atoms with Crippen molar-refractivity contribution in [2.45, 2.75) is 39.5 Å². The Kier molecular flexibility index (Phi) is 4.09. The molecule has 1 aliphatic heterocycles. The molecule has 122 valence electrons. The van der Waals surface area contributed by atoms with Crippen molar-refractivity contribution in [1.29, 1.82) is 0 Å². The molecule has 0 unspecified atom stereocenters. The number of hydrogen-bond acceptors (Lipinski definition) is 3. The predicted octanol–water partition coefficient (Wildman–Crippen LogP) is 3.75. The predicted molar refractivity (Wildman–Crippen MR) is 86.6 cm³/mol. The van der Waals surface area contributed by atoms with E-state index < -0.39 is 0 Å². The standard InChI is InChI=1S/C19H22FNO2/c1-19(2)11-15(21-9-3-4-10-21)17(16(22)12-19)18(23)13-5-7-14(20)8-6-13/h5-8H,3-4,9-12H2,1-2H3. The summed E-state index contributed by atoms with van der Waals surface area (Å²) in [5, 5.41) is 0. The summed E-state index contributed by atoms with van der Waals surface area (Å²) < 4.78 is 13.1. The monoisotopic (exact) mass is 315 g/mol. The Labute approximate surface area is 136 Å². The van der Waals surface area contributed by atoms with Gasteiger partial charge in [0.15, 0.2) is 11.6 Å². The second-order valence-electron chi connectivity index (χ2n) is 7.29. The van der Waals surface area contributed by atoms with Crippen LogP contribution < -0.4 is 0 Å². The molecule has 1 fully saturated rings. The minimum Gasteiger partial charge on any atom is -0.374 e. The zero-order valence-corrected chi connectivity index (χ0v) is 13.7. The number of allylic oxidation sites excluding steroid dienone is 2. The van der Waals surface area contributed by atoms with Crippen molar-refractivity contribution < 1.29 is 14.0 Å². The van der Waals surface area contributed by atoms with Gasteiger partial charge in [0.05, 0.1) is 5.57 Å². The SMILES string of the molecule is CC1(C)CC(=O)C(C(=O)c2ccc(F)cc2)=C(N2CCCC2)C1. The summed E-state index contributed by atoms with van der Waals surface area (Å²) in [7, 11) is 0. The summed E-state index contributed by atoms with van der Waals surface area (Å²) >= 11 is 0. The van der Waals surface area contributed by atoms with Gasteiger partial charge >= 0.3 is 0 Å². The molecule has 1 aromatic carbocycles. The zero-order chi connectivity index (χ0) is 16.6. The molecule has 0 amide bonds. The summed E-state index contributed by atoms with van der Waals surface area (Å²) in [6.07, 6.45) is 3.31. The summed E-state index contributed by atoms with van der Waals surface area (Å²) in [4.78, 5) is 27.7. The normalized spacial score (nSPS) is 21.0. The number of nitrogens with zero attached hydrogens (tertiary/aromatic N) is 1. The highest BCUT2D eigenvalue weighted by atomic mass is 19.1. The lowest BCUT2D eigenvalue weighted by Crippen LogP contribution is -2.35. The lowest BCUT2D eigenvalue weighted by Gasteiger charge is -2.36. The molecule has 3 rings (SSSR count). The van der Waals surface area contributed by atoms with Crippen LogP contribution in [0.5, 0.6) is 0 Å². The molecule has 0 radical (unpaired) electrons. The van der Waals surface area contributed by atoms with Crippen LogP contribution in [0.25, 0.3) is 0 Å². The molecule has 0 atom stereocenters. The highest BCUT2D eigenvalue weighted by Gasteiger charge is 2.38. The van der Waals surface area contributed by atoms with E-state index in [4.69, 9.17) is 0 Å². The van der Waals surface area contributed by atoms with E-state index >= 15 is 0 Å².